The first kappa shape index (κ1) is 26.2. The van der Waals surface area contributed by atoms with Crippen molar-refractivity contribution in [3.05, 3.63) is 43.0 Å². The van der Waals surface area contributed by atoms with E-state index in [0.717, 1.165) is 4.57 Å². The highest BCUT2D eigenvalue weighted by molar-refractivity contribution is 5.78. The van der Waals surface area contributed by atoms with Gasteiger partial charge in [0.15, 0.2) is 0 Å². The van der Waals surface area contributed by atoms with Gasteiger partial charge in [0, 0.05) is 49.7 Å². The number of urea groups is 1. The summed E-state index contributed by atoms with van der Waals surface area (Å²) in [7, 11) is 2.82. The number of carbonyl (C=O) groups is 1. The minimum atomic E-state index is -1.06. The molecule has 14 nitrogen and oxygen atoms in total. The van der Waals surface area contributed by atoms with Crippen molar-refractivity contribution < 1.29 is 24.1 Å². The van der Waals surface area contributed by atoms with Gasteiger partial charge in [0.2, 0.25) is 0 Å². The van der Waals surface area contributed by atoms with Crippen LogP contribution in [-0.2, 0) is 27.7 Å². The molecule has 198 valence electrons. The fourth-order valence-electron chi connectivity index (χ4n) is 5.89. The highest BCUT2D eigenvalue weighted by Crippen LogP contribution is 2.48. The van der Waals surface area contributed by atoms with Crippen LogP contribution in [0.2, 0.25) is 0 Å². The number of hydrogen-bond acceptors (Lipinski definition) is 8. The number of nitrogens with zero attached hydrogens (tertiary/aromatic N) is 7. The van der Waals surface area contributed by atoms with Gasteiger partial charge in [0.1, 0.15) is 25.3 Å². The molecule has 0 bridgehead atoms. The van der Waals surface area contributed by atoms with Crippen LogP contribution in [0.1, 0.15) is 45.4 Å². The highest BCUT2D eigenvalue weighted by Gasteiger charge is 2.59. The number of carbonyl (C=O) groups excluding carboxylic acids is 1. The fourth-order valence-corrected chi connectivity index (χ4v) is 5.89. The minimum absolute atomic E-state index is 0.0469. The molecule has 6 atom stereocenters. The third-order valence-corrected chi connectivity index (χ3v) is 7.55. The van der Waals surface area contributed by atoms with Crippen LogP contribution >= 0.6 is 0 Å². The summed E-state index contributed by atoms with van der Waals surface area (Å²) in [4.78, 5) is 46.0. The number of azide groups is 1. The molecule has 3 aliphatic heterocycles. The van der Waals surface area contributed by atoms with E-state index in [4.69, 9.17) is 19.7 Å². The van der Waals surface area contributed by atoms with Crippen molar-refractivity contribution in [1.29, 1.82) is 0 Å². The number of rotatable bonds is 7. The van der Waals surface area contributed by atoms with Crippen molar-refractivity contribution in [3.63, 3.8) is 0 Å². The lowest BCUT2D eigenvalue weighted by molar-refractivity contribution is -0.0854. The second-order valence-electron chi connectivity index (χ2n) is 10.0. The van der Waals surface area contributed by atoms with E-state index in [1.165, 1.54) is 24.9 Å². The Morgan fingerprint density at radius 3 is 2.50 bits per heavy atom. The number of aliphatic hydroxyl groups is 1. The van der Waals surface area contributed by atoms with Crippen molar-refractivity contribution in [2.75, 3.05) is 20.8 Å². The molecule has 1 N–H and O–H groups in total. The Balaban J connectivity index is 1.79. The quantitative estimate of drug-likeness (QED) is 0.326. The summed E-state index contributed by atoms with van der Waals surface area (Å²) < 4.78 is 18.9. The van der Waals surface area contributed by atoms with E-state index in [1.807, 2.05) is 6.92 Å². The van der Waals surface area contributed by atoms with Crippen LogP contribution in [0.3, 0.4) is 0 Å². The molecule has 0 aliphatic carbocycles. The van der Waals surface area contributed by atoms with E-state index in [0.29, 0.717) is 18.5 Å². The van der Waals surface area contributed by atoms with Crippen LogP contribution in [0.5, 0.6) is 0 Å². The predicted octanol–water partition coefficient (Wildman–Crippen LogP) is 0.970. The molecular formula is C22H33N7O7. The van der Waals surface area contributed by atoms with Gasteiger partial charge in [-0.1, -0.05) is 12.0 Å². The third kappa shape index (κ3) is 4.18. The topological polar surface area (TPSA) is 164 Å². The molecule has 3 aliphatic rings. The maximum Gasteiger partial charge on any atom is 0.335 e. The summed E-state index contributed by atoms with van der Waals surface area (Å²) >= 11 is 0. The first-order chi connectivity index (χ1) is 17.1. The van der Waals surface area contributed by atoms with Crippen molar-refractivity contribution in [2.45, 2.75) is 83.1 Å². The number of aromatic nitrogens is 2. The summed E-state index contributed by atoms with van der Waals surface area (Å²) in [5.74, 6) is -0.282. The van der Waals surface area contributed by atoms with E-state index in [1.54, 1.807) is 23.6 Å². The Hall–Kier alpha value is -2.90. The summed E-state index contributed by atoms with van der Waals surface area (Å²) in [6.07, 6.45) is -0.676. The molecule has 1 aromatic heterocycles. The Bertz CT molecular complexity index is 1170. The van der Waals surface area contributed by atoms with Gasteiger partial charge in [0.25, 0.3) is 5.56 Å². The van der Waals surface area contributed by atoms with Gasteiger partial charge in [0.05, 0.1) is 17.8 Å². The first-order valence-corrected chi connectivity index (χ1v) is 11.9. The number of hydrogen-bond donors (Lipinski definition) is 1. The van der Waals surface area contributed by atoms with Crippen molar-refractivity contribution in [2.24, 2.45) is 11.0 Å². The average molecular weight is 508 g/mol. The number of fused-ring (bicyclic) bond motifs is 2. The molecule has 0 aromatic carbocycles. The molecule has 1 aromatic rings. The lowest BCUT2D eigenvalue weighted by Gasteiger charge is -2.54. The maximum absolute atomic E-state index is 13.9. The monoisotopic (exact) mass is 507 g/mol. The largest absolute Gasteiger partial charge is 0.393 e. The zero-order valence-corrected chi connectivity index (χ0v) is 21.1. The van der Waals surface area contributed by atoms with Gasteiger partial charge in [-0.2, -0.15) is 0 Å². The smallest absolute Gasteiger partial charge is 0.335 e. The average Bonchev–Trinajstić information content (AvgIpc) is 3.09. The van der Waals surface area contributed by atoms with E-state index < -0.39 is 41.3 Å². The summed E-state index contributed by atoms with van der Waals surface area (Å²) in [6, 6.07) is -0.283. The highest BCUT2D eigenvalue weighted by atomic mass is 16.5. The fraction of sp³-hybridized carbons (Fsp3) is 0.773. The van der Waals surface area contributed by atoms with Crippen LogP contribution < -0.4 is 11.2 Å². The SMILES string of the molecule is COCn1c([C@H]2OC(C)(C)N3C(=O)N4[C@@H](C[C@H]23)C[C@H](O)[C@H](C)[C@H]4CN=[N+]=[N-])cc(=O)n(COC)c1=O. The summed E-state index contributed by atoms with van der Waals surface area (Å²) in [6.45, 7) is 5.06. The first-order valence-electron chi connectivity index (χ1n) is 11.9. The van der Waals surface area contributed by atoms with Crippen molar-refractivity contribution in [1.82, 2.24) is 18.9 Å². The molecule has 3 fully saturated rings. The summed E-state index contributed by atoms with van der Waals surface area (Å²) in [5.41, 5.74) is 6.94. The number of methoxy groups -OCH3 is 2. The predicted molar refractivity (Wildman–Crippen MR) is 126 cm³/mol. The van der Waals surface area contributed by atoms with Gasteiger partial charge in [-0.25, -0.2) is 14.2 Å². The molecule has 0 spiro atoms. The Labute approximate surface area is 207 Å². The molecule has 4 rings (SSSR count). The van der Waals surface area contributed by atoms with Crippen LogP contribution in [0, 0.1) is 5.92 Å². The molecule has 0 unspecified atom stereocenters. The van der Waals surface area contributed by atoms with Crippen molar-refractivity contribution >= 4 is 6.03 Å². The van der Waals surface area contributed by atoms with Crippen LogP contribution in [0.25, 0.3) is 10.4 Å². The molecule has 14 heteroatoms. The van der Waals surface area contributed by atoms with Gasteiger partial charge in [-0.3, -0.25) is 14.3 Å². The zero-order chi connectivity index (χ0) is 26.4. The lowest BCUT2D eigenvalue weighted by atomic mass is 9.80. The Morgan fingerprint density at radius 2 is 1.86 bits per heavy atom. The molecule has 0 saturated carbocycles. The molecule has 36 heavy (non-hydrogen) atoms. The normalized spacial score (nSPS) is 31.1. The lowest BCUT2D eigenvalue weighted by Crippen LogP contribution is -2.68. The molecule has 0 radical (unpaired) electrons. The second kappa shape index (κ2) is 9.87. The van der Waals surface area contributed by atoms with E-state index in [9.17, 15) is 19.5 Å². The Kier molecular flexibility index (Phi) is 7.17. The maximum atomic E-state index is 13.9. The van der Waals surface area contributed by atoms with Gasteiger partial charge in [-0.15, -0.1) is 0 Å². The molecule has 3 saturated heterocycles. The Morgan fingerprint density at radius 1 is 1.19 bits per heavy atom. The minimum Gasteiger partial charge on any atom is -0.393 e. The van der Waals surface area contributed by atoms with Crippen LogP contribution in [0.4, 0.5) is 4.79 Å². The standard InChI is InChI=1S/C22H33N7O7/c1-12-16(9-24-25-23)28-13(7-17(12)30)6-15-19(36-22(2,3)29(15)21(28)33)14-8-18(31)27(11-35-5)20(32)26(14)10-34-4/h8,12-13,15-17,19,30H,6-7,9-11H2,1-5H3/t12-,13+,15-,16-,17+,19-/m1/s1. The number of amides is 2. The van der Waals surface area contributed by atoms with E-state index >= 15 is 0 Å². The van der Waals surface area contributed by atoms with Crippen LogP contribution in [-0.4, -0.2) is 80.8 Å². The van der Waals surface area contributed by atoms with E-state index in [-0.39, 0.29) is 38.0 Å². The summed E-state index contributed by atoms with van der Waals surface area (Å²) in [5, 5.41) is 14.4. The number of piperidine rings is 1. The molecular weight excluding hydrogens is 474 g/mol. The third-order valence-electron chi connectivity index (χ3n) is 7.55. The van der Waals surface area contributed by atoms with Gasteiger partial charge in [-0.05, 0) is 32.2 Å². The number of aliphatic hydroxyl groups excluding tert-OH is 1. The molecule has 4 heterocycles. The molecule has 2 amide bonds. The zero-order valence-electron chi connectivity index (χ0n) is 21.1. The second-order valence-corrected chi connectivity index (χ2v) is 10.0. The van der Waals surface area contributed by atoms with E-state index in [2.05, 4.69) is 10.0 Å². The van der Waals surface area contributed by atoms with Crippen LogP contribution in [0.15, 0.2) is 20.8 Å². The van der Waals surface area contributed by atoms with Gasteiger partial charge >= 0.3 is 11.7 Å². The van der Waals surface area contributed by atoms with Crippen molar-refractivity contribution in [3.8, 4) is 0 Å². The van der Waals surface area contributed by atoms with Gasteiger partial charge < -0.3 is 24.2 Å². The number of ether oxygens (including phenoxy) is 3.